The summed E-state index contributed by atoms with van der Waals surface area (Å²) in [6.07, 6.45) is 1.75. The van der Waals surface area contributed by atoms with Crippen molar-refractivity contribution in [3.8, 4) is 0 Å². The van der Waals surface area contributed by atoms with Crippen LogP contribution in [0.25, 0.3) is 0 Å². The van der Waals surface area contributed by atoms with Gasteiger partial charge in [-0.3, -0.25) is 0 Å². The average molecular weight is 414 g/mol. The first-order chi connectivity index (χ1) is 8.06. The fourth-order valence-electron chi connectivity index (χ4n) is 1.13. The lowest BCUT2D eigenvalue weighted by Crippen LogP contribution is -1.82. The maximum absolute atomic E-state index is 5.96. The third-order valence-corrected chi connectivity index (χ3v) is 4.93. The molecule has 17 heavy (non-hydrogen) atoms. The predicted molar refractivity (Wildman–Crippen MR) is 80.2 cm³/mol. The maximum Gasteiger partial charge on any atom is 0.115 e. The van der Waals surface area contributed by atoms with Crippen molar-refractivity contribution < 1.29 is 0 Å². The molecule has 88 valence electrons. The van der Waals surface area contributed by atoms with E-state index in [0.717, 1.165) is 18.9 Å². The summed E-state index contributed by atoms with van der Waals surface area (Å²) in [5.74, 6) is 0. The second kappa shape index (κ2) is 5.93. The van der Waals surface area contributed by atoms with Gasteiger partial charge in [-0.05, 0) is 56.1 Å². The number of aromatic nitrogens is 1. The summed E-state index contributed by atoms with van der Waals surface area (Å²) in [5.41, 5.74) is 0. The zero-order chi connectivity index (χ0) is 12.4. The molecule has 0 spiro atoms. The van der Waals surface area contributed by atoms with Crippen LogP contribution in [0.1, 0.15) is 0 Å². The van der Waals surface area contributed by atoms with Crippen molar-refractivity contribution in [1.29, 1.82) is 0 Å². The van der Waals surface area contributed by atoms with Crippen molar-refractivity contribution >= 4 is 66.8 Å². The third kappa shape index (κ3) is 3.61. The lowest BCUT2D eigenvalue weighted by molar-refractivity contribution is 1.10. The molecule has 0 radical (unpaired) electrons. The molecule has 0 aliphatic rings. The highest BCUT2D eigenvalue weighted by atomic mass is 79.9. The van der Waals surface area contributed by atoms with Crippen molar-refractivity contribution in [3.05, 3.63) is 49.5 Å². The van der Waals surface area contributed by atoms with E-state index in [4.69, 9.17) is 23.2 Å². The summed E-state index contributed by atoms with van der Waals surface area (Å²) < 4.78 is 1.87. The Hall–Kier alpha value is 0.260. The first-order valence-corrected chi connectivity index (χ1v) is 7.66. The smallest absolute Gasteiger partial charge is 0.115 e. The SMILES string of the molecule is Clc1ccc(Sc2ncc(Br)cc2Br)cc1Cl. The molecule has 0 saturated carbocycles. The van der Waals surface area contributed by atoms with E-state index in [1.54, 1.807) is 12.3 Å². The Morgan fingerprint density at radius 3 is 2.47 bits per heavy atom. The minimum Gasteiger partial charge on any atom is -0.247 e. The maximum atomic E-state index is 5.96. The normalized spacial score (nSPS) is 10.6. The number of nitrogens with zero attached hydrogens (tertiary/aromatic N) is 1. The summed E-state index contributed by atoms with van der Waals surface area (Å²) in [6, 6.07) is 7.46. The summed E-state index contributed by atoms with van der Waals surface area (Å²) in [7, 11) is 0. The van der Waals surface area contributed by atoms with Crippen molar-refractivity contribution in [2.75, 3.05) is 0 Å². The van der Waals surface area contributed by atoms with Crippen LogP contribution >= 0.6 is 66.8 Å². The Morgan fingerprint density at radius 1 is 1.06 bits per heavy atom. The quantitative estimate of drug-likeness (QED) is 0.593. The molecular weight excluding hydrogens is 409 g/mol. The first kappa shape index (κ1) is 13.7. The Morgan fingerprint density at radius 2 is 1.82 bits per heavy atom. The molecule has 0 unspecified atom stereocenters. The molecule has 0 saturated heterocycles. The number of rotatable bonds is 2. The zero-order valence-electron chi connectivity index (χ0n) is 8.25. The number of hydrogen-bond acceptors (Lipinski definition) is 2. The fraction of sp³-hybridized carbons (Fsp3) is 0. The number of pyridine rings is 1. The van der Waals surface area contributed by atoms with Gasteiger partial charge in [0.25, 0.3) is 0 Å². The van der Waals surface area contributed by atoms with Gasteiger partial charge in [-0.1, -0.05) is 35.0 Å². The summed E-state index contributed by atoms with van der Waals surface area (Å²) >= 11 is 20.2. The van der Waals surface area contributed by atoms with Crippen molar-refractivity contribution in [2.24, 2.45) is 0 Å². The predicted octanol–water partition coefficient (Wildman–Crippen LogP) is 6.06. The standard InChI is InChI=1S/C11H5Br2Cl2NS/c12-6-3-8(13)11(16-5-6)17-7-1-2-9(14)10(15)4-7/h1-5H. The molecule has 0 bridgehead atoms. The van der Waals surface area contributed by atoms with E-state index in [1.807, 2.05) is 18.2 Å². The number of halogens is 4. The van der Waals surface area contributed by atoms with Gasteiger partial charge in [-0.15, -0.1) is 0 Å². The molecule has 2 aromatic rings. The molecule has 1 heterocycles. The summed E-state index contributed by atoms with van der Waals surface area (Å²) in [5, 5.41) is 1.98. The molecule has 1 nitrogen and oxygen atoms in total. The van der Waals surface area contributed by atoms with Gasteiger partial charge in [0.2, 0.25) is 0 Å². The van der Waals surface area contributed by atoms with Crippen LogP contribution in [0.2, 0.25) is 10.0 Å². The molecule has 2 rings (SSSR count). The van der Waals surface area contributed by atoms with Gasteiger partial charge in [0.1, 0.15) is 5.03 Å². The molecule has 0 N–H and O–H groups in total. The molecule has 0 aliphatic carbocycles. The first-order valence-electron chi connectivity index (χ1n) is 4.50. The lowest BCUT2D eigenvalue weighted by atomic mass is 10.4. The summed E-state index contributed by atoms with van der Waals surface area (Å²) in [4.78, 5) is 5.31. The van der Waals surface area contributed by atoms with E-state index in [1.165, 1.54) is 11.8 Å². The van der Waals surface area contributed by atoms with E-state index in [0.29, 0.717) is 10.0 Å². The highest BCUT2D eigenvalue weighted by molar-refractivity contribution is 9.11. The lowest BCUT2D eigenvalue weighted by Gasteiger charge is -2.04. The van der Waals surface area contributed by atoms with Crippen molar-refractivity contribution in [1.82, 2.24) is 4.98 Å². The van der Waals surface area contributed by atoms with Crippen LogP contribution in [0.15, 0.2) is 49.3 Å². The fourth-order valence-corrected chi connectivity index (χ4v) is 3.52. The van der Waals surface area contributed by atoms with E-state index in [-0.39, 0.29) is 0 Å². The van der Waals surface area contributed by atoms with Gasteiger partial charge in [0, 0.05) is 15.6 Å². The second-order valence-corrected chi connectivity index (χ2v) is 6.77. The number of benzene rings is 1. The molecule has 6 heteroatoms. The molecule has 1 aromatic carbocycles. The minimum absolute atomic E-state index is 0.546. The molecule has 0 atom stereocenters. The van der Waals surface area contributed by atoms with Crippen LogP contribution in [-0.2, 0) is 0 Å². The van der Waals surface area contributed by atoms with Crippen molar-refractivity contribution in [2.45, 2.75) is 9.92 Å². The van der Waals surface area contributed by atoms with Gasteiger partial charge in [-0.2, -0.15) is 0 Å². The molecule has 0 amide bonds. The monoisotopic (exact) mass is 411 g/mol. The summed E-state index contributed by atoms with van der Waals surface area (Å²) in [6.45, 7) is 0. The van der Waals surface area contributed by atoms with Gasteiger partial charge in [0.15, 0.2) is 0 Å². The number of hydrogen-bond donors (Lipinski definition) is 0. The van der Waals surface area contributed by atoms with Crippen LogP contribution in [0.4, 0.5) is 0 Å². The van der Waals surface area contributed by atoms with Gasteiger partial charge in [-0.25, -0.2) is 4.98 Å². The topological polar surface area (TPSA) is 12.9 Å². The third-order valence-electron chi connectivity index (χ3n) is 1.88. The molecule has 0 aliphatic heterocycles. The van der Waals surface area contributed by atoms with Crippen LogP contribution in [0, 0.1) is 0 Å². The van der Waals surface area contributed by atoms with E-state index in [9.17, 15) is 0 Å². The zero-order valence-corrected chi connectivity index (χ0v) is 13.8. The van der Waals surface area contributed by atoms with E-state index in [2.05, 4.69) is 36.8 Å². The largest absolute Gasteiger partial charge is 0.247 e. The van der Waals surface area contributed by atoms with Crippen molar-refractivity contribution in [3.63, 3.8) is 0 Å². The highest BCUT2D eigenvalue weighted by Crippen LogP contribution is 2.35. The highest BCUT2D eigenvalue weighted by Gasteiger charge is 2.06. The van der Waals surface area contributed by atoms with E-state index >= 15 is 0 Å². The molecular formula is C11H5Br2Cl2NS. The molecule has 0 fully saturated rings. The van der Waals surface area contributed by atoms with Gasteiger partial charge >= 0.3 is 0 Å². The Balaban J connectivity index is 2.28. The second-order valence-electron chi connectivity index (χ2n) is 3.12. The average Bonchev–Trinajstić information content (AvgIpc) is 2.27. The van der Waals surface area contributed by atoms with Gasteiger partial charge in [0.05, 0.1) is 14.5 Å². The minimum atomic E-state index is 0.546. The Bertz CT molecular complexity index is 563. The Labute approximate surface area is 130 Å². The Kier molecular flexibility index (Phi) is 4.78. The van der Waals surface area contributed by atoms with Crippen LogP contribution in [-0.4, -0.2) is 4.98 Å². The van der Waals surface area contributed by atoms with Crippen LogP contribution < -0.4 is 0 Å². The van der Waals surface area contributed by atoms with Crippen LogP contribution in [0.5, 0.6) is 0 Å². The van der Waals surface area contributed by atoms with Gasteiger partial charge < -0.3 is 0 Å². The molecule has 1 aromatic heterocycles. The van der Waals surface area contributed by atoms with E-state index < -0.39 is 0 Å². The van der Waals surface area contributed by atoms with Crippen LogP contribution in [0.3, 0.4) is 0 Å².